The van der Waals surface area contributed by atoms with Crippen LogP contribution in [0.25, 0.3) is 10.1 Å². The van der Waals surface area contributed by atoms with Crippen LogP contribution in [0.3, 0.4) is 0 Å². The number of halogens is 1. The van der Waals surface area contributed by atoms with Crippen LogP contribution in [0.4, 0.5) is 4.39 Å². The molecule has 0 aliphatic rings. The molecule has 6 heteroatoms. The Bertz CT molecular complexity index is 738. The Morgan fingerprint density at radius 2 is 2.23 bits per heavy atom. The molecule has 0 bridgehead atoms. The molecule has 1 amide bonds. The number of amides is 1. The minimum absolute atomic E-state index is 0.281. The van der Waals surface area contributed by atoms with Crippen LogP contribution in [0, 0.1) is 12.7 Å². The zero-order chi connectivity index (χ0) is 16.3. The summed E-state index contributed by atoms with van der Waals surface area (Å²) in [6, 6.07) is 3.37. The fourth-order valence-electron chi connectivity index (χ4n) is 2.18. The van der Waals surface area contributed by atoms with Crippen LogP contribution in [0.1, 0.15) is 28.1 Å². The van der Waals surface area contributed by atoms with Crippen molar-refractivity contribution in [3.05, 3.63) is 47.1 Å². The van der Waals surface area contributed by atoms with Crippen LogP contribution in [-0.4, -0.2) is 23.0 Å². The largest absolute Gasteiger partial charge is 0.480 e. The molecule has 1 unspecified atom stereocenters. The van der Waals surface area contributed by atoms with Crippen molar-refractivity contribution in [2.24, 2.45) is 0 Å². The molecule has 0 fully saturated rings. The van der Waals surface area contributed by atoms with Gasteiger partial charge in [0.1, 0.15) is 11.9 Å². The Balaban J connectivity index is 2.26. The quantitative estimate of drug-likeness (QED) is 0.800. The van der Waals surface area contributed by atoms with E-state index in [2.05, 4.69) is 11.9 Å². The maximum absolute atomic E-state index is 13.3. The van der Waals surface area contributed by atoms with Gasteiger partial charge >= 0.3 is 5.97 Å². The third kappa shape index (κ3) is 3.33. The first-order chi connectivity index (χ1) is 10.4. The van der Waals surface area contributed by atoms with Crippen LogP contribution in [0.2, 0.25) is 0 Å². The molecule has 0 aliphatic carbocycles. The number of nitrogens with one attached hydrogen (secondary N) is 1. The molecule has 116 valence electrons. The molecular formula is C16H16FNO3S. The molecule has 1 aromatic heterocycles. The number of benzene rings is 1. The zero-order valence-electron chi connectivity index (χ0n) is 12.1. The number of fused-ring (bicyclic) bond motifs is 1. The number of aliphatic carboxylic acids is 1. The maximum Gasteiger partial charge on any atom is 0.326 e. The first-order valence-corrected chi connectivity index (χ1v) is 7.59. The summed E-state index contributed by atoms with van der Waals surface area (Å²) in [5.41, 5.74) is 0.727. The number of allylic oxidation sites excluding steroid dienone is 1. The summed E-state index contributed by atoms with van der Waals surface area (Å²) in [7, 11) is 0. The molecule has 2 aromatic rings. The zero-order valence-corrected chi connectivity index (χ0v) is 12.9. The van der Waals surface area contributed by atoms with E-state index in [4.69, 9.17) is 5.11 Å². The second kappa shape index (κ2) is 6.70. The van der Waals surface area contributed by atoms with Gasteiger partial charge in [0.15, 0.2) is 0 Å². The Hall–Kier alpha value is -2.21. The van der Waals surface area contributed by atoms with Gasteiger partial charge in [0.05, 0.1) is 4.88 Å². The van der Waals surface area contributed by atoms with Crippen LogP contribution < -0.4 is 5.32 Å². The number of aryl methyl sites for hydroxylation is 1. The highest BCUT2D eigenvalue weighted by Crippen LogP contribution is 2.31. The smallest absolute Gasteiger partial charge is 0.326 e. The number of carbonyl (C=O) groups is 2. The van der Waals surface area contributed by atoms with Gasteiger partial charge in [0.2, 0.25) is 0 Å². The van der Waals surface area contributed by atoms with E-state index in [1.807, 2.05) is 0 Å². The van der Waals surface area contributed by atoms with E-state index in [1.54, 1.807) is 19.1 Å². The van der Waals surface area contributed by atoms with Crippen molar-refractivity contribution in [2.75, 3.05) is 0 Å². The summed E-state index contributed by atoms with van der Waals surface area (Å²) in [6.07, 6.45) is 2.38. The van der Waals surface area contributed by atoms with Crippen molar-refractivity contribution in [1.82, 2.24) is 5.32 Å². The van der Waals surface area contributed by atoms with E-state index >= 15 is 0 Å². The van der Waals surface area contributed by atoms with Gasteiger partial charge in [-0.3, -0.25) is 4.79 Å². The minimum atomic E-state index is -1.08. The predicted molar refractivity (Wildman–Crippen MR) is 84.8 cm³/mol. The van der Waals surface area contributed by atoms with E-state index < -0.39 is 17.9 Å². The Morgan fingerprint density at radius 3 is 2.86 bits per heavy atom. The van der Waals surface area contributed by atoms with E-state index in [-0.39, 0.29) is 12.2 Å². The second-order valence-electron chi connectivity index (χ2n) is 4.93. The third-order valence-electron chi connectivity index (χ3n) is 3.37. The van der Waals surface area contributed by atoms with Gasteiger partial charge in [-0.15, -0.1) is 17.9 Å². The normalized spacial score (nSPS) is 12.1. The molecule has 0 aliphatic heterocycles. The van der Waals surface area contributed by atoms with Gasteiger partial charge in [-0.25, -0.2) is 9.18 Å². The van der Waals surface area contributed by atoms with E-state index in [0.717, 1.165) is 22.3 Å². The molecule has 0 radical (unpaired) electrons. The summed E-state index contributed by atoms with van der Waals surface area (Å²) in [5.74, 6) is -1.90. The standard InChI is InChI=1S/C16H16FNO3S/c1-3-4-5-12(16(20)21)18-15(19)14-9(2)11-7-6-10(17)8-13(11)22-14/h3,6-8,12H,1,4-5H2,2H3,(H,18,19)(H,20,21). The molecule has 0 saturated carbocycles. The van der Waals surface area contributed by atoms with Gasteiger partial charge in [0, 0.05) is 4.70 Å². The van der Waals surface area contributed by atoms with Gasteiger partial charge < -0.3 is 10.4 Å². The van der Waals surface area contributed by atoms with E-state index in [0.29, 0.717) is 16.0 Å². The summed E-state index contributed by atoms with van der Waals surface area (Å²) in [6.45, 7) is 5.31. The predicted octanol–water partition coefficient (Wildman–Crippen LogP) is 3.50. The average Bonchev–Trinajstić information content (AvgIpc) is 2.79. The van der Waals surface area contributed by atoms with Gasteiger partial charge in [-0.1, -0.05) is 12.1 Å². The first kappa shape index (κ1) is 16.2. The summed E-state index contributed by atoms with van der Waals surface area (Å²) < 4.78 is 13.9. The molecule has 22 heavy (non-hydrogen) atoms. The lowest BCUT2D eigenvalue weighted by Gasteiger charge is -2.13. The summed E-state index contributed by atoms with van der Waals surface area (Å²) in [5, 5.41) is 12.5. The maximum atomic E-state index is 13.3. The SMILES string of the molecule is C=CCCC(NC(=O)c1sc2cc(F)ccc2c1C)C(=O)O. The van der Waals surface area contributed by atoms with Crippen molar-refractivity contribution >= 4 is 33.3 Å². The number of carboxylic acids is 1. The molecule has 1 heterocycles. The van der Waals surface area contributed by atoms with Crippen molar-refractivity contribution < 1.29 is 19.1 Å². The van der Waals surface area contributed by atoms with Crippen LogP contribution >= 0.6 is 11.3 Å². The number of hydrogen-bond acceptors (Lipinski definition) is 3. The van der Waals surface area contributed by atoms with E-state index in [1.165, 1.54) is 12.1 Å². The molecule has 2 rings (SSSR count). The monoisotopic (exact) mass is 321 g/mol. The molecule has 2 N–H and O–H groups in total. The second-order valence-corrected chi connectivity index (χ2v) is 5.98. The topological polar surface area (TPSA) is 66.4 Å². The van der Waals surface area contributed by atoms with Gasteiger partial charge in [-0.2, -0.15) is 0 Å². The van der Waals surface area contributed by atoms with Gasteiger partial charge in [0.25, 0.3) is 5.91 Å². The number of hydrogen-bond donors (Lipinski definition) is 2. The lowest BCUT2D eigenvalue weighted by Crippen LogP contribution is -2.40. The highest BCUT2D eigenvalue weighted by atomic mass is 32.1. The third-order valence-corrected chi connectivity index (χ3v) is 4.62. The van der Waals surface area contributed by atoms with Crippen LogP contribution in [-0.2, 0) is 4.79 Å². The lowest BCUT2D eigenvalue weighted by molar-refractivity contribution is -0.139. The number of thiophene rings is 1. The summed E-state index contributed by atoms with van der Waals surface area (Å²) >= 11 is 1.16. The van der Waals surface area contributed by atoms with Crippen LogP contribution in [0.15, 0.2) is 30.9 Å². The van der Waals surface area contributed by atoms with Crippen molar-refractivity contribution in [2.45, 2.75) is 25.8 Å². The number of carboxylic acid groups (broad SMARTS) is 1. The molecule has 0 saturated heterocycles. The van der Waals surface area contributed by atoms with Crippen LogP contribution in [0.5, 0.6) is 0 Å². The Labute approximate surface area is 131 Å². The fraction of sp³-hybridized carbons (Fsp3) is 0.250. The molecule has 0 spiro atoms. The molecule has 1 atom stereocenters. The summed E-state index contributed by atoms with van der Waals surface area (Å²) in [4.78, 5) is 23.9. The van der Waals surface area contributed by atoms with E-state index in [9.17, 15) is 14.0 Å². The fourth-order valence-corrected chi connectivity index (χ4v) is 3.32. The molecule has 4 nitrogen and oxygen atoms in total. The Morgan fingerprint density at radius 1 is 1.50 bits per heavy atom. The van der Waals surface area contributed by atoms with Crippen molar-refractivity contribution in [3.8, 4) is 0 Å². The number of rotatable bonds is 6. The lowest BCUT2D eigenvalue weighted by atomic mass is 10.1. The number of carbonyl (C=O) groups excluding carboxylic acids is 1. The van der Waals surface area contributed by atoms with Gasteiger partial charge in [-0.05, 0) is 42.8 Å². The Kier molecular flexibility index (Phi) is 4.92. The highest BCUT2D eigenvalue weighted by Gasteiger charge is 2.22. The molecular weight excluding hydrogens is 305 g/mol. The average molecular weight is 321 g/mol. The minimum Gasteiger partial charge on any atom is -0.480 e. The van der Waals surface area contributed by atoms with Crippen molar-refractivity contribution in [1.29, 1.82) is 0 Å². The highest BCUT2D eigenvalue weighted by molar-refractivity contribution is 7.21. The van der Waals surface area contributed by atoms with Crippen molar-refractivity contribution in [3.63, 3.8) is 0 Å². The molecule has 1 aromatic carbocycles. The first-order valence-electron chi connectivity index (χ1n) is 6.77.